The molecule has 0 aromatic rings. The molecule has 0 spiro atoms. The van der Waals surface area contributed by atoms with Crippen molar-refractivity contribution in [1.29, 1.82) is 0 Å². The average molecular weight is 197 g/mol. The Morgan fingerprint density at radius 1 is 1.36 bits per heavy atom. The van der Waals surface area contributed by atoms with E-state index in [1.165, 1.54) is 6.08 Å². The molecule has 0 saturated heterocycles. The van der Waals surface area contributed by atoms with Crippen LogP contribution in [0.5, 0.6) is 0 Å². The highest BCUT2D eigenvalue weighted by molar-refractivity contribution is 5.87. The van der Waals surface area contributed by atoms with E-state index in [9.17, 15) is 4.79 Å². The molecule has 0 fully saturated rings. The number of rotatable bonds is 5. The van der Waals surface area contributed by atoms with Crippen LogP contribution in [0.4, 0.5) is 0 Å². The first kappa shape index (κ1) is 13.2. The van der Waals surface area contributed by atoms with Crippen LogP contribution >= 0.6 is 0 Å². The zero-order valence-electron chi connectivity index (χ0n) is 10.1. The molecule has 0 aliphatic carbocycles. The summed E-state index contributed by atoms with van der Waals surface area (Å²) in [4.78, 5) is 11.4. The number of carbonyl (C=O) groups excluding carboxylic acids is 1. The van der Waals surface area contributed by atoms with Crippen LogP contribution in [-0.4, -0.2) is 11.4 Å². The van der Waals surface area contributed by atoms with Gasteiger partial charge in [-0.15, -0.1) is 0 Å². The molecule has 1 N–H and O–H groups in total. The third kappa shape index (κ3) is 2.60. The van der Waals surface area contributed by atoms with Gasteiger partial charge < -0.3 is 5.32 Å². The quantitative estimate of drug-likeness (QED) is 0.675. The minimum absolute atomic E-state index is 0.0748. The topological polar surface area (TPSA) is 29.1 Å². The summed E-state index contributed by atoms with van der Waals surface area (Å²) in [5, 5.41) is 3.07. The van der Waals surface area contributed by atoms with Crippen LogP contribution in [-0.2, 0) is 4.79 Å². The predicted octanol–water partition coefficient (Wildman–Crippen LogP) is 2.75. The smallest absolute Gasteiger partial charge is 0.243 e. The molecule has 1 amide bonds. The fraction of sp³-hybridized carbons (Fsp3) is 0.750. The molecule has 0 aromatic carbocycles. The van der Waals surface area contributed by atoms with Gasteiger partial charge in [-0.2, -0.15) is 0 Å². The van der Waals surface area contributed by atoms with Crippen LogP contribution in [0.25, 0.3) is 0 Å². The molecular weight excluding hydrogens is 174 g/mol. The number of carbonyl (C=O) groups is 1. The van der Waals surface area contributed by atoms with Crippen molar-refractivity contribution in [2.75, 3.05) is 0 Å². The fourth-order valence-corrected chi connectivity index (χ4v) is 2.14. The van der Waals surface area contributed by atoms with Crippen molar-refractivity contribution < 1.29 is 4.79 Å². The van der Waals surface area contributed by atoms with Crippen LogP contribution < -0.4 is 5.32 Å². The van der Waals surface area contributed by atoms with Gasteiger partial charge in [-0.05, 0) is 24.3 Å². The van der Waals surface area contributed by atoms with Gasteiger partial charge in [0, 0.05) is 5.54 Å². The molecule has 2 heteroatoms. The molecule has 0 radical (unpaired) electrons. The average Bonchev–Trinajstić information content (AvgIpc) is 2.12. The second kappa shape index (κ2) is 5.18. The van der Waals surface area contributed by atoms with E-state index in [0.717, 1.165) is 6.42 Å². The highest BCUT2D eigenvalue weighted by atomic mass is 16.1. The summed E-state index contributed by atoms with van der Waals surface area (Å²) in [6.07, 6.45) is 2.29. The molecule has 0 bridgehead atoms. The van der Waals surface area contributed by atoms with Gasteiger partial charge in [0.05, 0.1) is 0 Å². The van der Waals surface area contributed by atoms with Crippen LogP contribution in [0.2, 0.25) is 0 Å². The zero-order valence-corrected chi connectivity index (χ0v) is 10.1. The van der Waals surface area contributed by atoms with E-state index < -0.39 is 0 Å². The minimum atomic E-state index is -0.106. The first-order valence-corrected chi connectivity index (χ1v) is 5.35. The standard InChI is InChI=1S/C12H23NO/c1-7-11(14)13-12(8-2,9(3)4)10(5)6/h7,9-10H,1,8H2,2-6H3,(H,13,14). The Hall–Kier alpha value is -0.790. The second-order valence-electron chi connectivity index (χ2n) is 4.40. The van der Waals surface area contributed by atoms with E-state index >= 15 is 0 Å². The molecule has 0 aliphatic heterocycles. The van der Waals surface area contributed by atoms with Crippen molar-refractivity contribution in [2.45, 2.75) is 46.6 Å². The normalized spacial score (nSPS) is 11.9. The van der Waals surface area contributed by atoms with Crippen LogP contribution in [0.3, 0.4) is 0 Å². The van der Waals surface area contributed by atoms with Gasteiger partial charge in [0.25, 0.3) is 0 Å². The van der Waals surface area contributed by atoms with Crippen LogP contribution in [0.15, 0.2) is 12.7 Å². The van der Waals surface area contributed by atoms with E-state index in [1.807, 2.05) is 0 Å². The molecule has 0 unspecified atom stereocenters. The third-order valence-electron chi connectivity index (χ3n) is 3.19. The first-order chi connectivity index (χ1) is 6.40. The largest absolute Gasteiger partial charge is 0.347 e. The van der Waals surface area contributed by atoms with Gasteiger partial charge in [-0.25, -0.2) is 0 Å². The van der Waals surface area contributed by atoms with Gasteiger partial charge >= 0.3 is 0 Å². The van der Waals surface area contributed by atoms with Crippen molar-refractivity contribution in [2.24, 2.45) is 11.8 Å². The Labute approximate surface area is 87.8 Å². The van der Waals surface area contributed by atoms with Gasteiger partial charge in [0.2, 0.25) is 5.91 Å². The third-order valence-corrected chi connectivity index (χ3v) is 3.19. The lowest BCUT2D eigenvalue weighted by Crippen LogP contribution is -2.55. The lowest BCUT2D eigenvalue weighted by molar-refractivity contribution is -0.119. The first-order valence-electron chi connectivity index (χ1n) is 5.35. The van der Waals surface area contributed by atoms with E-state index in [4.69, 9.17) is 0 Å². The number of amides is 1. The lowest BCUT2D eigenvalue weighted by atomic mass is 9.75. The van der Waals surface area contributed by atoms with Crippen molar-refractivity contribution >= 4 is 5.91 Å². The molecule has 0 heterocycles. The molecule has 14 heavy (non-hydrogen) atoms. The molecule has 82 valence electrons. The zero-order chi connectivity index (χ0) is 11.4. The van der Waals surface area contributed by atoms with Crippen LogP contribution in [0, 0.1) is 11.8 Å². The molecule has 0 aromatic heterocycles. The van der Waals surface area contributed by atoms with Gasteiger partial charge in [-0.1, -0.05) is 41.2 Å². The van der Waals surface area contributed by atoms with Gasteiger partial charge in [0.15, 0.2) is 0 Å². The molecule has 0 saturated carbocycles. The molecule has 0 aliphatic rings. The Kier molecular flexibility index (Phi) is 4.89. The lowest BCUT2D eigenvalue weighted by Gasteiger charge is -2.41. The van der Waals surface area contributed by atoms with E-state index in [2.05, 4.69) is 46.5 Å². The van der Waals surface area contributed by atoms with Crippen molar-refractivity contribution in [1.82, 2.24) is 5.32 Å². The molecule has 0 rings (SSSR count). The molecular formula is C12H23NO. The van der Waals surface area contributed by atoms with Crippen molar-refractivity contribution in [3.63, 3.8) is 0 Å². The number of nitrogens with one attached hydrogen (secondary N) is 1. The van der Waals surface area contributed by atoms with Gasteiger partial charge in [-0.3, -0.25) is 4.79 Å². The Bertz CT molecular complexity index is 198. The maximum Gasteiger partial charge on any atom is 0.243 e. The summed E-state index contributed by atoms with van der Waals surface area (Å²) in [6, 6.07) is 0. The monoisotopic (exact) mass is 197 g/mol. The summed E-state index contributed by atoms with van der Waals surface area (Å²) in [5.74, 6) is 0.780. The number of hydrogen-bond donors (Lipinski definition) is 1. The summed E-state index contributed by atoms with van der Waals surface area (Å²) >= 11 is 0. The summed E-state index contributed by atoms with van der Waals surface area (Å²) < 4.78 is 0. The fourth-order valence-electron chi connectivity index (χ4n) is 2.14. The Morgan fingerprint density at radius 3 is 2.00 bits per heavy atom. The maximum absolute atomic E-state index is 11.4. The highest BCUT2D eigenvalue weighted by Gasteiger charge is 2.36. The van der Waals surface area contributed by atoms with E-state index in [-0.39, 0.29) is 11.4 Å². The van der Waals surface area contributed by atoms with Crippen LogP contribution in [0.1, 0.15) is 41.0 Å². The van der Waals surface area contributed by atoms with Crippen molar-refractivity contribution in [3.05, 3.63) is 12.7 Å². The Morgan fingerprint density at radius 2 is 1.79 bits per heavy atom. The maximum atomic E-state index is 11.4. The predicted molar refractivity (Wildman–Crippen MR) is 61.0 cm³/mol. The second-order valence-corrected chi connectivity index (χ2v) is 4.40. The molecule has 2 nitrogen and oxygen atoms in total. The minimum Gasteiger partial charge on any atom is -0.347 e. The van der Waals surface area contributed by atoms with E-state index in [1.54, 1.807) is 0 Å². The van der Waals surface area contributed by atoms with Gasteiger partial charge in [0.1, 0.15) is 0 Å². The summed E-state index contributed by atoms with van der Waals surface area (Å²) in [7, 11) is 0. The summed E-state index contributed by atoms with van der Waals surface area (Å²) in [5.41, 5.74) is -0.106. The number of hydrogen-bond acceptors (Lipinski definition) is 1. The Balaban J connectivity index is 4.85. The van der Waals surface area contributed by atoms with Crippen molar-refractivity contribution in [3.8, 4) is 0 Å². The van der Waals surface area contributed by atoms with E-state index in [0.29, 0.717) is 11.8 Å². The highest BCUT2D eigenvalue weighted by Crippen LogP contribution is 2.29. The SMILES string of the molecule is C=CC(=O)NC(CC)(C(C)C)C(C)C. The molecule has 0 atom stereocenters. The summed E-state index contributed by atoms with van der Waals surface area (Å²) in [6.45, 7) is 14.2.